The normalized spacial score (nSPS) is 21.3. The van der Waals surface area contributed by atoms with Crippen molar-refractivity contribution in [3.8, 4) is 0 Å². The number of fused-ring (bicyclic) bond motifs is 2. The number of amides is 1. The number of halogens is 2. The summed E-state index contributed by atoms with van der Waals surface area (Å²) in [5.41, 5.74) is 1.44. The van der Waals surface area contributed by atoms with Gasteiger partial charge < -0.3 is 9.64 Å². The summed E-state index contributed by atoms with van der Waals surface area (Å²) in [6, 6.07) is 12.0. The topological polar surface area (TPSA) is 46.6 Å². The molecule has 4 rings (SSSR count). The molecule has 1 spiro atoms. The molecule has 0 N–H and O–H groups in total. The summed E-state index contributed by atoms with van der Waals surface area (Å²) >= 11 is 5.70. The Bertz CT molecular complexity index is 916. The van der Waals surface area contributed by atoms with Crippen molar-refractivity contribution in [3.63, 3.8) is 0 Å². The Labute approximate surface area is 161 Å². The Balaban J connectivity index is 1.46. The summed E-state index contributed by atoms with van der Waals surface area (Å²) in [5, 5.41) is 0.0739. The van der Waals surface area contributed by atoms with Crippen LogP contribution in [0.15, 0.2) is 42.5 Å². The van der Waals surface area contributed by atoms with Gasteiger partial charge >= 0.3 is 5.97 Å². The van der Waals surface area contributed by atoms with Gasteiger partial charge in [-0.25, -0.2) is 9.18 Å². The molecule has 1 unspecified atom stereocenters. The minimum Gasteiger partial charge on any atom is -0.449 e. The number of hydrogen-bond acceptors (Lipinski definition) is 3. The molecule has 2 aromatic rings. The van der Waals surface area contributed by atoms with Gasteiger partial charge in [-0.05, 0) is 43.0 Å². The average Bonchev–Trinajstić information content (AvgIpc) is 2.94. The molecule has 0 bridgehead atoms. The second-order valence-corrected chi connectivity index (χ2v) is 7.50. The molecule has 2 aromatic carbocycles. The fraction of sp³-hybridized carbons (Fsp3) is 0.333. The highest BCUT2D eigenvalue weighted by molar-refractivity contribution is 6.30. The molecule has 4 nitrogen and oxygen atoms in total. The number of rotatable bonds is 3. The van der Waals surface area contributed by atoms with Crippen molar-refractivity contribution in [3.05, 3.63) is 70.0 Å². The SMILES string of the molecule is O=C1OC2(CCCN(C(=O)CCc3ccc(Cl)c(F)c3)C2)c2ccccc21. The van der Waals surface area contributed by atoms with Crippen LogP contribution in [0.5, 0.6) is 0 Å². The zero-order chi connectivity index (χ0) is 19.0. The highest BCUT2D eigenvalue weighted by atomic mass is 35.5. The van der Waals surface area contributed by atoms with Crippen molar-refractivity contribution in [2.45, 2.75) is 31.3 Å². The molecule has 0 aromatic heterocycles. The zero-order valence-electron chi connectivity index (χ0n) is 14.7. The van der Waals surface area contributed by atoms with Crippen LogP contribution in [0.1, 0.15) is 40.7 Å². The molecule has 0 aliphatic carbocycles. The zero-order valence-corrected chi connectivity index (χ0v) is 15.5. The highest BCUT2D eigenvalue weighted by Crippen LogP contribution is 2.42. The second kappa shape index (κ2) is 6.97. The van der Waals surface area contributed by atoms with Crippen LogP contribution in [0.25, 0.3) is 0 Å². The lowest BCUT2D eigenvalue weighted by atomic mass is 9.85. The van der Waals surface area contributed by atoms with Crippen molar-refractivity contribution >= 4 is 23.5 Å². The third kappa shape index (κ3) is 3.32. The van der Waals surface area contributed by atoms with Gasteiger partial charge in [0.15, 0.2) is 5.60 Å². The van der Waals surface area contributed by atoms with Gasteiger partial charge in [0.25, 0.3) is 0 Å². The monoisotopic (exact) mass is 387 g/mol. The fourth-order valence-electron chi connectivity index (χ4n) is 3.99. The van der Waals surface area contributed by atoms with Gasteiger partial charge in [0, 0.05) is 18.5 Å². The first-order chi connectivity index (χ1) is 13.0. The van der Waals surface area contributed by atoms with Crippen LogP contribution in [0, 0.1) is 5.82 Å². The molecule has 6 heteroatoms. The molecule has 0 radical (unpaired) electrons. The van der Waals surface area contributed by atoms with E-state index in [4.69, 9.17) is 16.3 Å². The number of piperidine rings is 1. The van der Waals surface area contributed by atoms with E-state index in [0.717, 1.165) is 17.5 Å². The van der Waals surface area contributed by atoms with E-state index in [0.29, 0.717) is 31.5 Å². The van der Waals surface area contributed by atoms with E-state index >= 15 is 0 Å². The molecular formula is C21H19ClFNO3. The first-order valence-corrected chi connectivity index (χ1v) is 9.41. The van der Waals surface area contributed by atoms with E-state index in [-0.39, 0.29) is 23.3 Å². The van der Waals surface area contributed by atoms with E-state index in [9.17, 15) is 14.0 Å². The first kappa shape index (κ1) is 18.0. The standard InChI is InChI=1S/C21H19ClFNO3/c22-17-8-6-14(12-18(17)23)7-9-19(25)24-11-3-10-21(13-24)16-5-2-1-4-15(16)20(26)27-21/h1-2,4-6,8,12H,3,7,9-11,13H2. The van der Waals surface area contributed by atoms with Crippen LogP contribution >= 0.6 is 11.6 Å². The van der Waals surface area contributed by atoms with Crippen molar-refractivity contribution in [2.24, 2.45) is 0 Å². The third-order valence-electron chi connectivity index (χ3n) is 5.35. The molecular weight excluding hydrogens is 369 g/mol. The summed E-state index contributed by atoms with van der Waals surface area (Å²) < 4.78 is 19.3. The van der Waals surface area contributed by atoms with Gasteiger partial charge in [0.2, 0.25) is 5.91 Å². The van der Waals surface area contributed by atoms with Crippen molar-refractivity contribution in [2.75, 3.05) is 13.1 Å². The molecule has 1 atom stereocenters. The van der Waals surface area contributed by atoms with Crippen LogP contribution < -0.4 is 0 Å². The average molecular weight is 388 g/mol. The summed E-state index contributed by atoms with van der Waals surface area (Å²) in [6.45, 7) is 0.999. The van der Waals surface area contributed by atoms with Crippen molar-refractivity contribution < 1.29 is 18.7 Å². The Morgan fingerprint density at radius 1 is 1.26 bits per heavy atom. The Hall–Kier alpha value is -2.40. The number of benzene rings is 2. The van der Waals surface area contributed by atoms with Crippen LogP contribution in [0.4, 0.5) is 4.39 Å². The molecule has 2 aliphatic rings. The minimum absolute atomic E-state index is 0.0233. The van der Waals surface area contributed by atoms with Gasteiger partial charge in [0.05, 0.1) is 17.1 Å². The molecule has 27 heavy (non-hydrogen) atoms. The number of carbonyl (C=O) groups is 2. The van der Waals surface area contributed by atoms with E-state index in [1.807, 2.05) is 18.2 Å². The van der Waals surface area contributed by atoms with E-state index in [1.54, 1.807) is 17.0 Å². The summed E-state index contributed by atoms with van der Waals surface area (Å²) in [6.07, 6.45) is 2.18. The maximum atomic E-state index is 13.6. The van der Waals surface area contributed by atoms with E-state index < -0.39 is 11.4 Å². The molecule has 140 valence electrons. The van der Waals surface area contributed by atoms with Gasteiger partial charge in [-0.15, -0.1) is 0 Å². The molecule has 2 aliphatic heterocycles. The van der Waals surface area contributed by atoms with Crippen molar-refractivity contribution in [1.29, 1.82) is 0 Å². The molecule has 0 saturated carbocycles. The van der Waals surface area contributed by atoms with Gasteiger partial charge in [0.1, 0.15) is 5.82 Å². The lowest BCUT2D eigenvalue weighted by Gasteiger charge is -2.39. The molecule has 1 saturated heterocycles. The van der Waals surface area contributed by atoms with Crippen LogP contribution in [0.3, 0.4) is 0 Å². The molecule has 1 fully saturated rings. The number of likely N-dealkylation sites (tertiary alicyclic amines) is 1. The van der Waals surface area contributed by atoms with Crippen LogP contribution in [-0.4, -0.2) is 29.9 Å². The number of aryl methyl sites for hydroxylation is 1. The highest BCUT2D eigenvalue weighted by Gasteiger charge is 2.48. The largest absolute Gasteiger partial charge is 0.449 e. The predicted molar refractivity (Wildman–Crippen MR) is 99.1 cm³/mol. The number of hydrogen-bond donors (Lipinski definition) is 0. The fourth-order valence-corrected chi connectivity index (χ4v) is 4.11. The van der Waals surface area contributed by atoms with Gasteiger partial charge in [-0.3, -0.25) is 4.79 Å². The third-order valence-corrected chi connectivity index (χ3v) is 5.65. The lowest BCUT2D eigenvalue weighted by Crippen LogP contribution is -2.48. The maximum absolute atomic E-state index is 13.6. The molecule has 1 amide bonds. The quantitative estimate of drug-likeness (QED) is 0.745. The number of esters is 1. The van der Waals surface area contributed by atoms with Gasteiger partial charge in [-0.1, -0.05) is 35.9 Å². The summed E-state index contributed by atoms with van der Waals surface area (Å²) in [7, 11) is 0. The van der Waals surface area contributed by atoms with Crippen molar-refractivity contribution in [1.82, 2.24) is 4.90 Å². The predicted octanol–water partition coefficient (Wildman–Crippen LogP) is 4.10. The Morgan fingerprint density at radius 3 is 2.89 bits per heavy atom. The maximum Gasteiger partial charge on any atom is 0.339 e. The Morgan fingerprint density at radius 2 is 2.07 bits per heavy atom. The molecule has 2 heterocycles. The Kier molecular flexibility index (Phi) is 4.64. The number of nitrogens with zero attached hydrogens (tertiary/aromatic N) is 1. The first-order valence-electron chi connectivity index (χ1n) is 9.03. The lowest BCUT2D eigenvalue weighted by molar-refractivity contribution is -0.138. The number of ether oxygens (including phenoxy) is 1. The smallest absolute Gasteiger partial charge is 0.339 e. The van der Waals surface area contributed by atoms with E-state index in [2.05, 4.69) is 0 Å². The second-order valence-electron chi connectivity index (χ2n) is 7.10. The van der Waals surface area contributed by atoms with Crippen LogP contribution in [0.2, 0.25) is 5.02 Å². The summed E-state index contributed by atoms with van der Waals surface area (Å²) in [5.74, 6) is -0.825. The van der Waals surface area contributed by atoms with Gasteiger partial charge in [-0.2, -0.15) is 0 Å². The van der Waals surface area contributed by atoms with Crippen LogP contribution in [-0.2, 0) is 21.6 Å². The number of carbonyl (C=O) groups excluding carboxylic acids is 2. The van der Waals surface area contributed by atoms with E-state index in [1.165, 1.54) is 12.1 Å². The summed E-state index contributed by atoms with van der Waals surface area (Å²) in [4.78, 5) is 26.7. The minimum atomic E-state index is -0.742.